The van der Waals surface area contributed by atoms with E-state index in [1.54, 1.807) is 18.2 Å². The zero-order chi connectivity index (χ0) is 24.0. The highest BCUT2D eigenvalue weighted by Crippen LogP contribution is 2.30. The number of ether oxygens (including phenoxy) is 3. The van der Waals surface area contributed by atoms with Crippen molar-refractivity contribution in [3.8, 4) is 23.1 Å². The van der Waals surface area contributed by atoms with Crippen molar-refractivity contribution in [2.75, 3.05) is 49.7 Å². The molecule has 0 bridgehead atoms. The normalized spacial score (nSPS) is 16.5. The number of hydrogen-bond acceptors (Lipinski definition) is 8. The quantitative estimate of drug-likeness (QED) is 0.564. The van der Waals surface area contributed by atoms with Crippen molar-refractivity contribution in [3.05, 3.63) is 60.0 Å². The number of aromatic nitrogens is 2. The molecule has 0 amide bonds. The van der Waals surface area contributed by atoms with Gasteiger partial charge in [-0.15, -0.1) is 0 Å². The zero-order valence-electron chi connectivity index (χ0n) is 19.2. The molecule has 0 radical (unpaired) electrons. The predicted molar refractivity (Wildman–Crippen MR) is 129 cm³/mol. The topological polar surface area (TPSA) is 92.5 Å². The molecule has 2 saturated heterocycles. The summed E-state index contributed by atoms with van der Waals surface area (Å²) in [5.74, 6) is 0.179. The lowest BCUT2D eigenvalue weighted by Gasteiger charge is -2.28. The van der Waals surface area contributed by atoms with Crippen molar-refractivity contribution in [2.24, 2.45) is 0 Å². The number of nitrogens with zero attached hydrogens (tertiary/aromatic N) is 4. The van der Waals surface area contributed by atoms with E-state index in [1.807, 2.05) is 24.3 Å². The number of benzene rings is 2. The van der Waals surface area contributed by atoms with Crippen molar-refractivity contribution in [1.82, 2.24) is 9.97 Å². The monoisotopic (exact) mass is 475 g/mol. The fourth-order valence-electron chi connectivity index (χ4n) is 4.18. The van der Waals surface area contributed by atoms with Gasteiger partial charge in [-0.1, -0.05) is 0 Å². The number of anilines is 3. The summed E-state index contributed by atoms with van der Waals surface area (Å²) < 4.78 is 31.4. The van der Waals surface area contributed by atoms with Crippen LogP contribution in [-0.4, -0.2) is 55.6 Å². The molecule has 0 unspecified atom stereocenters. The Morgan fingerprint density at radius 3 is 2.51 bits per heavy atom. The number of rotatable bonds is 6. The van der Waals surface area contributed by atoms with Crippen LogP contribution >= 0.6 is 0 Å². The van der Waals surface area contributed by atoms with Crippen LogP contribution in [0.4, 0.5) is 21.7 Å². The van der Waals surface area contributed by atoms with Gasteiger partial charge in [0.05, 0.1) is 38.2 Å². The molecule has 1 aromatic heterocycles. The van der Waals surface area contributed by atoms with Gasteiger partial charge in [0.2, 0.25) is 5.95 Å². The maximum absolute atomic E-state index is 14.7. The van der Waals surface area contributed by atoms with Crippen LogP contribution < -0.4 is 15.0 Å². The van der Waals surface area contributed by atoms with Gasteiger partial charge < -0.3 is 24.4 Å². The van der Waals surface area contributed by atoms with Gasteiger partial charge in [-0.25, -0.2) is 14.4 Å². The molecule has 9 heteroatoms. The molecule has 1 N–H and O–H groups in total. The van der Waals surface area contributed by atoms with Crippen molar-refractivity contribution in [2.45, 2.75) is 18.9 Å². The molecule has 2 aliphatic rings. The molecular weight excluding hydrogens is 449 g/mol. The Balaban J connectivity index is 1.33. The van der Waals surface area contributed by atoms with E-state index in [0.29, 0.717) is 30.1 Å². The van der Waals surface area contributed by atoms with Gasteiger partial charge in [-0.2, -0.15) is 5.26 Å². The first-order valence-electron chi connectivity index (χ1n) is 11.7. The summed E-state index contributed by atoms with van der Waals surface area (Å²) in [4.78, 5) is 10.7. The fraction of sp³-hybridized carbons (Fsp3) is 0.346. The molecule has 0 atom stereocenters. The minimum Gasteiger partial charge on any atom is -0.489 e. The van der Waals surface area contributed by atoms with E-state index in [1.165, 1.54) is 0 Å². The second-order valence-electron chi connectivity index (χ2n) is 8.41. The van der Waals surface area contributed by atoms with Crippen LogP contribution in [0.1, 0.15) is 18.4 Å². The molecule has 0 aliphatic carbocycles. The first-order chi connectivity index (χ1) is 17.2. The third-order valence-electron chi connectivity index (χ3n) is 6.08. The van der Waals surface area contributed by atoms with Gasteiger partial charge in [0.15, 0.2) is 5.82 Å². The van der Waals surface area contributed by atoms with E-state index in [4.69, 9.17) is 14.2 Å². The lowest BCUT2D eigenvalue weighted by atomic mass is 10.1. The summed E-state index contributed by atoms with van der Waals surface area (Å²) in [5.41, 5.74) is 2.83. The van der Waals surface area contributed by atoms with Crippen LogP contribution in [0.3, 0.4) is 0 Å². The van der Waals surface area contributed by atoms with Crippen LogP contribution in [0, 0.1) is 17.1 Å². The summed E-state index contributed by atoms with van der Waals surface area (Å²) in [7, 11) is 0. The summed E-state index contributed by atoms with van der Waals surface area (Å²) in [6.45, 7) is 4.46. The summed E-state index contributed by atoms with van der Waals surface area (Å²) >= 11 is 0. The molecule has 35 heavy (non-hydrogen) atoms. The number of halogens is 1. The molecule has 5 rings (SSSR count). The van der Waals surface area contributed by atoms with Crippen LogP contribution in [0.15, 0.2) is 48.7 Å². The lowest BCUT2D eigenvalue weighted by molar-refractivity contribution is 0.0254. The predicted octanol–water partition coefficient (Wildman–Crippen LogP) is 4.29. The van der Waals surface area contributed by atoms with Crippen LogP contribution in [0.2, 0.25) is 0 Å². The fourth-order valence-corrected chi connectivity index (χ4v) is 4.18. The maximum atomic E-state index is 14.7. The van der Waals surface area contributed by atoms with Gasteiger partial charge in [0.25, 0.3) is 0 Å². The SMILES string of the molecule is N#Cc1cc(-c2nc(Nc3ccc(N4CCOCC4)cc3)ncc2F)ccc1OC1CCOCC1. The van der Waals surface area contributed by atoms with Gasteiger partial charge in [-0.3, -0.25) is 0 Å². The van der Waals surface area contributed by atoms with Crippen LogP contribution in [-0.2, 0) is 9.47 Å². The smallest absolute Gasteiger partial charge is 0.227 e. The van der Waals surface area contributed by atoms with Crippen molar-refractivity contribution in [3.63, 3.8) is 0 Å². The van der Waals surface area contributed by atoms with Crippen LogP contribution in [0.5, 0.6) is 5.75 Å². The maximum Gasteiger partial charge on any atom is 0.227 e. The number of nitriles is 1. The van der Waals surface area contributed by atoms with Gasteiger partial charge in [0, 0.05) is 42.9 Å². The minimum absolute atomic E-state index is 0.00271. The first-order valence-corrected chi connectivity index (χ1v) is 11.7. The van der Waals surface area contributed by atoms with Crippen LogP contribution in [0.25, 0.3) is 11.3 Å². The average Bonchev–Trinajstić information content (AvgIpc) is 2.91. The Hall–Kier alpha value is -3.74. The highest BCUT2D eigenvalue weighted by Gasteiger charge is 2.19. The number of hydrogen-bond donors (Lipinski definition) is 1. The Labute approximate surface area is 203 Å². The molecule has 2 aliphatic heterocycles. The van der Waals surface area contributed by atoms with E-state index in [-0.39, 0.29) is 17.7 Å². The first kappa shape index (κ1) is 23.0. The second-order valence-corrected chi connectivity index (χ2v) is 8.41. The second kappa shape index (κ2) is 10.7. The van der Waals surface area contributed by atoms with E-state index in [9.17, 15) is 9.65 Å². The Morgan fingerprint density at radius 2 is 1.77 bits per heavy atom. The molecule has 3 heterocycles. The highest BCUT2D eigenvalue weighted by molar-refractivity contribution is 5.67. The largest absolute Gasteiger partial charge is 0.489 e. The van der Waals surface area contributed by atoms with Crippen molar-refractivity contribution in [1.29, 1.82) is 5.26 Å². The van der Waals surface area contributed by atoms with E-state index >= 15 is 0 Å². The van der Waals surface area contributed by atoms with E-state index in [2.05, 4.69) is 26.3 Å². The molecule has 2 fully saturated rings. The molecule has 0 saturated carbocycles. The van der Waals surface area contributed by atoms with E-state index < -0.39 is 5.82 Å². The summed E-state index contributed by atoms with van der Waals surface area (Å²) in [6, 6.07) is 15.1. The standard InChI is InChI=1S/C26H26FN5O3/c27-23-17-29-26(30-20-2-4-21(5-3-20)32-9-13-34-14-10-32)31-25(23)18-1-6-24(19(15-18)16-28)35-22-7-11-33-12-8-22/h1-6,15,17,22H,7-14H2,(H,29,30,31). The lowest BCUT2D eigenvalue weighted by Crippen LogP contribution is -2.36. The van der Waals surface area contributed by atoms with Crippen molar-refractivity contribution < 1.29 is 18.6 Å². The summed E-state index contributed by atoms with van der Waals surface area (Å²) in [6.07, 6.45) is 2.68. The number of nitrogens with one attached hydrogen (secondary N) is 1. The Kier molecular flexibility index (Phi) is 7.02. The molecular formula is C26H26FN5O3. The Morgan fingerprint density at radius 1 is 1.03 bits per heavy atom. The minimum atomic E-state index is -0.569. The molecule has 3 aromatic rings. The van der Waals surface area contributed by atoms with E-state index in [0.717, 1.165) is 56.7 Å². The van der Waals surface area contributed by atoms with Crippen molar-refractivity contribution >= 4 is 17.3 Å². The highest BCUT2D eigenvalue weighted by atomic mass is 19.1. The average molecular weight is 476 g/mol. The zero-order valence-corrected chi connectivity index (χ0v) is 19.2. The molecule has 0 spiro atoms. The third-order valence-corrected chi connectivity index (χ3v) is 6.08. The third kappa shape index (κ3) is 5.50. The van der Waals surface area contributed by atoms with Gasteiger partial charge in [-0.05, 0) is 42.5 Å². The van der Waals surface area contributed by atoms with Gasteiger partial charge >= 0.3 is 0 Å². The summed E-state index contributed by atoms with van der Waals surface area (Å²) in [5, 5.41) is 12.8. The number of morpholine rings is 1. The van der Waals surface area contributed by atoms with Gasteiger partial charge in [0.1, 0.15) is 23.6 Å². The molecule has 180 valence electrons. The Bertz CT molecular complexity index is 1200. The molecule has 8 nitrogen and oxygen atoms in total. The molecule has 2 aromatic carbocycles.